The first-order valence-electron chi connectivity index (χ1n) is 9.14. The van der Waals surface area contributed by atoms with Crippen LogP contribution in [-0.4, -0.2) is 11.6 Å². The zero-order valence-corrected chi connectivity index (χ0v) is 14.6. The van der Waals surface area contributed by atoms with Gasteiger partial charge in [-0.05, 0) is 43.2 Å². The molecule has 1 amide bonds. The summed E-state index contributed by atoms with van der Waals surface area (Å²) >= 11 is 0. The van der Waals surface area contributed by atoms with Crippen molar-refractivity contribution in [3.05, 3.63) is 35.4 Å². The smallest absolute Gasteiger partial charge is 0.240 e. The molecule has 1 aliphatic carbocycles. The summed E-state index contributed by atoms with van der Waals surface area (Å²) in [4.78, 5) is 11.7. The summed E-state index contributed by atoms with van der Waals surface area (Å²) in [6.07, 6.45) is 10.5. The minimum absolute atomic E-state index is 0.0108. The number of hydrogen-bond donors (Lipinski definition) is 1. The van der Waals surface area contributed by atoms with Gasteiger partial charge < -0.3 is 0 Å². The van der Waals surface area contributed by atoms with Crippen LogP contribution in [0.4, 0.5) is 0 Å². The minimum Gasteiger partial charge on any atom is -0.273 e. The van der Waals surface area contributed by atoms with Crippen LogP contribution in [0.5, 0.6) is 0 Å². The molecule has 1 aromatic carbocycles. The molecular formula is C20H30N2O. The molecule has 0 radical (unpaired) electrons. The van der Waals surface area contributed by atoms with Gasteiger partial charge in [0.1, 0.15) is 0 Å². The van der Waals surface area contributed by atoms with Crippen LogP contribution in [0.25, 0.3) is 0 Å². The quantitative estimate of drug-likeness (QED) is 0.422. The van der Waals surface area contributed by atoms with Crippen molar-refractivity contribution in [2.24, 2.45) is 5.10 Å². The van der Waals surface area contributed by atoms with Crippen molar-refractivity contribution >= 4 is 11.6 Å². The molecule has 0 aliphatic heterocycles. The molecular weight excluding hydrogens is 284 g/mol. The summed E-state index contributed by atoms with van der Waals surface area (Å²) in [6.45, 7) is 4.08. The molecule has 2 rings (SSSR count). The van der Waals surface area contributed by atoms with E-state index in [9.17, 15) is 4.79 Å². The second-order valence-electron chi connectivity index (χ2n) is 6.65. The molecule has 0 spiro atoms. The lowest BCUT2D eigenvalue weighted by Crippen LogP contribution is -2.18. The van der Waals surface area contributed by atoms with Crippen molar-refractivity contribution in [2.45, 2.75) is 77.6 Å². The first-order valence-corrected chi connectivity index (χ1v) is 9.14. The topological polar surface area (TPSA) is 41.5 Å². The number of hydrazone groups is 1. The van der Waals surface area contributed by atoms with E-state index in [2.05, 4.69) is 41.7 Å². The second-order valence-corrected chi connectivity index (χ2v) is 6.65. The fourth-order valence-corrected chi connectivity index (χ4v) is 3.23. The molecule has 1 aromatic rings. The Bertz CT molecular complexity index is 513. The first-order chi connectivity index (χ1) is 11.2. The molecule has 1 aliphatic rings. The number of amides is 1. The molecule has 126 valence electrons. The summed E-state index contributed by atoms with van der Waals surface area (Å²) in [7, 11) is 0. The van der Waals surface area contributed by atoms with Crippen molar-refractivity contribution < 1.29 is 4.79 Å². The third-order valence-electron chi connectivity index (χ3n) is 4.76. The van der Waals surface area contributed by atoms with Gasteiger partial charge in [0.2, 0.25) is 5.91 Å². The normalized spacial score (nSPS) is 16.3. The monoisotopic (exact) mass is 314 g/mol. The lowest BCUT2D eigenvalue weighted by molar-refractivity contribution is -0.121. The van der Waals surface area contributed by atoms with Crippen molar-refractivity contribution in [1.29, 1.82) is 0 Å². The highest BCUT2D eigenvalue weighted by Crippen LogP contribution is 2.32. The molecule has 1 N–H and O–H groups in total. The van der Waals surface area contributed by atoms with E-state index in [1.807, 2.05) is 6.92 Å². The van der Waals surface area contributed by atoms with Gasteiger partial charge in [-0.3, -0.25) is 4.79 Å². The van der Waals surface area contributed by atoms with Crippen molar-refractivity contribution in [1.82, 2.24) is 5.43 Å². The molecule has 23 heavy (non-hydrogen) atoms. The maximum absolute atomic E-state index is 11.7. The maximum Gasteiger partial charge on any atom is 0.240 e. The molecule has 0 saturated heterocycles. The van der Waals surface area contributed by atoms with E-state index in [0.29, 0.717) is 6.42 Å². The average Bonchev–Trinajstić information content (AvgIpc) is 2.61. The molecule has 3 heteroatoms. The highest BCUT2D eigenvalue weighted by Gasteiger charge is 2.15. The van der Waals surface area contributed by atoms with Crippen LogP contribution in [-0.2, 0) is 4.79 Å². The molecule has 0 atom stereocenters. The summed E-state index contributed by atoms with van der Waals surface area (Å²) in [5.74, 6) is 0.741. The lowest BCUT2D eigenvalue weighted by atomic mass is 9.84. The number of benzene rings is 1. The predicted octanol–water partition coefficient (Wildman–Crippen LogP) is 5.15. The Labute approximate surface area is 140 Å². The average molecular weight is 314 g/mol. The van der Waals surface area contributed by atoms with Crippen LogP contribution in [0.1, 0.15) is 88.7 Å². The standard InChI is InChI=1S/C20H30N2O/c1-3-4-6-11-20(23)22-21-16(2)17-12-14-19(15-13-17)18-9-7-5-8-10-18/h12-15,18H,3-11H2,1-2H3,(H,22,23)/b21-16+. The third kappa shape index (κ3) is 5.81. The molecule has 0 aromatic heterocycles. The highest BCUT2D eigenvalue weighted by atomic mass is 16.2. The van der Waals surface area contributed by atoms with Gasteiger partial charge in [0.15, 0.2) is 0 Å². The van der Waals surface area contributed by atoms with Gasteiger partial charge in [0.25, 0.3) is 0 Å². The summed E-state index contributed by atoms with van der Waals surface area (Å²) in [6, 6.07) is 8.72. The molecule has 3 nitrogen and oxygen atoms in total. The van der Waals surface area contributed by atoms with Crippen LogP contribution in [0.2, 0.25) is 0 Å². The first kappa shape index (κ1) is 17.7. The fraction of sp³-hybridized carbons (Fsp3) is 0.600. The van der Waals surface area contributed by atoms with Crippen molar-refractivity contribution in [3.63, 3.8) is 0 Å². The van der Waals surface area contributed by atoms with Gasteiger partial charge in [0, 0.05) is 6.42 Å². The Morgan fingerprint density at radius 3 is 2.48 bits per heavy atom. The van der Waals surface area contributed by atoms with Crippen LogP contribution in [0, 0.1) is 0 Å². The van der Waals surface area contributed by atoms with Crippen LogP contribution >= 0.6 is 0 Å². The fourth-order valence-electron chi connectivity index (χ4n) is 3.23. The van der Waals surface area contributed by atoms with Crippen LogP contribution in [0.15, 0.2) is 29.4 Å². The number of rotatable bonds is 7. The number of nitrogens with one attached hydrogen (secondary N) is 1. The second kappa shape index (κ2) is 9.49. The number of carbonyl (C=O) groups excluding carboxylic acids is 1. The van der Waals surface area contributed by atoms with Gasteiger partial charge in [0.05, 0.1) is 5.71 Å². The Morgan fingerprint density at radius 2 is 1.83 bits per heavy atom. The zero-order chi connectivity index (χ0) is 16.5. The Morgan fingerprint density at radius 1 is 1.13 bits per heavy atom. The Balaban J connectivity index is 1.87. The largest absolute Gasteiger partial charge is 0.273 e. The lowest BCUT2D eigenvalue weighted by Gasteiger charge is -2.22. The predicted molar refractivity (Wildman–Crippen MR) is 96.8 cm³/mol. The summed E-state index contributed by atoms with van der Waals surface area (Å²) < 4.78 is 0. The maximum atomic E-state index is 11.7. The molecule has 0 unspecified atom stereocenters. The summed E-state index contributed by atoms with van der Waals surface area (Å²) in [5, 5.41) is 4.23. The van der Waals surface area contributed by atoms with Crippen LogP contribution < -0.4 is 5.43 Å². The molecule has 0 bridgehead atoms. The Kier molecular flexibility index (Phi) is 7.31. The van der Waals surface area contributed by atoms with Gasteiger partial charge in [-0.1, -0.05) is 63.3 Å². The van der Waals surface area contributed by atoms with Gasteiger partial charge >= 0.3 is 0 Å². The van der Waals surface area contributed by atoms with Gasteiger partial charge in [-0.25, -0.2) is 5.43 Å². The van der Waals surface area contributed by atoms with E-state index in [4.69, 9.17) is 0 Å². The third-order valence-corrected chi connectivity index (χ3v) is 4.76. The van der Waals surface area contributed by atoms with E-state index in [1.54, 1.807) is 0 Å². The highest BCUT2D eigenvalue weighted by molar-refractivity contribution is 5.99. The number of unbranched alkanes of at least 4 members (excludes halogenated alkanes) is 2. The van der Waals surface area contributed by atoms with Gasteiger partial charge in [-0.15, -0.1) is 0 Å². The minimum atomic E-state index is 0.0108. The van der Waals surface area contributed by atoms with E-state index in [-0.39, 0.29) is 5.91 Å². The number of carbonyl (C=O) groups is 1. The number of hydrogen-bond acceptors (Lipinski definition) is 2. The van der Waals surface area contributed by atoms with E-state index in [0.717, 1.165) is 36.5 Å². The molecule has 0 heterocycles. The summed E-state index contributed by atoms with van der Waals surface area (Å²) in [5.41, 5.74) is 6.06. The van der Waals surface area contributed by atoms with E-state index in [1.165, 1.54) is 37.7 Å². The van der Waals surface area contributed by atoms with Crippen molar-refractivity contribution in [2.75, 3.05) is 0 Å². The number of nitrogens with zero attached hydrogens (tertiary/aromatic N) is 1. The molecule has 1 saturated carbocycles. The van der Waals surface area contributed by atoms with E-state index < -0.39 is 0 Å². The Hall–Kier alpha value is -1.64. The van der Waals surface area contributed by atoms with E-state index >= 15 is 0 Å². The molecule has 1 fully saturated rings. The van der Waals surface area contributed by atoms with Gasteiger partial charge in [-0.2, -0.15) is 5.10 Å². The van der Waals surface area contributed by atoms with Crippen LogP contribution in [0.3, 0.4) is 0 Å². The SMILES string of the molecule is CCCCCC(=O)N/N=C(\C)c1ccc(C2CCCCC2)cc1. The van der Waals surface area contributed by atoms with Crippen molar-refractivity contribution in [3.8, 4) is 0 Å². The zero-order valence-electron chi connectivity index (χ0n) is 14.6.